The van der Waals surface area contributed by atoms with Crippen molar-refractivity contribution in [1.29, 1.82) is 0 Å². The Morgan fingerprint density at radius 1 is 1.44 bits per heavy atom. The Bertz CT molecular complexity index is 380. The van der Waals surface area contributed by atoms with E-state index in [1.165, 1.54) is 12.8 Å². The number of benzene rings is 1. The topological polar surface area (TPSA) is 58.7 Å². The van der Waals surface area contributed by atoms with Crippen LogP contribution in [0.5, 0.6) is 0 Å². The van der Waals surface area contributed by atoms with E-state index >= 15 is 0 Å². The van der Waals surface area contributed by atoms with Crippen LogP contribution in [0.15, 0.2) is 24.3 Å². The average Bonchev–Trinajstić information content (AvgIpc) is 3.19. The predicted octanol–water partition coefficient (Wildman–Crippen LogP) is 1.41. The number of nitrogens with zero attached hydrogens (tertiary/aromatic N) is 1. The Morgan fingerprint density at radius 3 is 2.78 bits per heavy atom. The van der Waals surface area contributed by atoms with Gasteiger partial charge in [0.15, 0.2) is 0 Å². The highest BCUT2D eigenvalue weighted by Crippen LogP contribution is 2.29. The van der Waals surface area contributed by atoms with E-state index in [1.54, 1.807) is 7.11 Å². The molecule has 1 fully saturated rings. The molecule has 4 heteroatoms. The molecule has 0 spiro atoms. The van der Waals surface area contributed by atoms with Crippen molar-refractivity contribution in [2.45, 2.75) is 25.0 Å². The summed E-state index contributed by atoms with van der Waals surface area (Å²) in [6, 6.07) is 8.12. The third-order valence-electron chi connectivity index (χ3n) is 3.41. The molecule has 3 N–H and O–H groups in total. The minimum Gasteiger partial charge on any atom is -0.398 e. The first-order valence-corrected chi connectivity index (χ1v) is 6.48. The maximum absolute atomic E-state index is 10.3. The molecule has 0 bridgehead atoms. The Balaban J connectivity index is 1.96. The molecule has 1 aliphatic carbocycles. The zero-order valence-corrected chi connectivity index (χ0v) is 10.9. The van der Waals surface area contributed by atoms with Crippen LogP contribution >= 0.6 is 0 Å². The van der Waals surface area contributed by atoms with Gasteiger partial charge in [0.1, 0.15) is 0 Å². The SMILES string of the molecule is COCCN(CC(O)c1ccccc1N)C1CC1. The van der Waals surface area contributed by atoms with Gasteiger partial charge in [0.2, 0.25) is 0 Å². The van der Waals surface area contributed by atoms with Gasteiger partial charge in [-0.05, 0) is 18.9 Å². The zero-order valence-electron chi connectivity index (χ0n) is 10.9. The second kappa shape index (κ2) is 6.18. The van der Waals surface area contributed by atoms with E-state index in [2.05, 4.69) is 4.90 Å². The van der Waals surface area contributed by atoms with Crippen molar-refractivity contribution in [2.75, 3.05) is 32.5 Å². The molecular weight excluding hydrogens is 228 g/mol. The number of rotatable bonds is 7. The van der Waals surface area contributed by atoms with E-state index in [-0.39, 0.29) is 0 Å². The Morgan fingerprint density at radius 2 is 2.17 bits per heavy atom. The molecular formula is C14H22N2O2. The molecule has 1 saturated carbocycles. The molecule has 0 radical (unpaired) electrons. The molecule has 0 aliphatic heterocycles. The van der Waals surface area contributed by atoms with Gasteiger partial charge in [0, 0.05) is 37.5 Å². The highest BCUT2D eigenvalue weighted by atomic mass is 16.5. The zero-order chi connectivity index (χ0) is 13.0. The van der Waals surface area contributed by atoms with Crippen molar-refractivity contribution in [3.8, 4) is 0 Å². The molecule has 2 rings (SSSR count). The fourth-order valence-electron chi connectivity index (χ4n) is 2.21. The normalized spacial score (nSPS) is 17.1. The van der Waals surface area contributed by atoms with Gasteiger partial charge in [0.25, 0.3) is 0 Å². The van der Waals surface area contributed by atoms with E-state index in [0.29, 0.717) is 24.9 Å². The van der Waals surface area contributed by atoms with Crippen LogP contribution in [0, 0.1) is 0 Å². The summed E-state index contributed by atoms with van der Waals surface area (Å²) in [5.74, 6) is 0. The molecule has 18 heavy (non-hydrogen) atoms. The summed E-state index contributed by atoms with van der Waals surface area (Å²) in [5, 5.41) is 10.3. The first-order valence-electron chi connectivity index (χ1n) is 6.48. The monoisotopic (exact) mass is 250 g/mol. The molecule has 100 valence electrons. The summed E-state index contributed by atoms with van der Waals surface area (Å²) in [4.78, 5) is 2.29. The second-order valence-electron chi connectivity index (χ2n) is 4.86. The Kier molecular flexibility index (Phi) is 4.58. The van der Waals surface area contributed by atoms with Crippen LogP contribution in [0.2, 0.25) is 0 Å². The molecule has 0 saturated heterocycles. The molecule has 1 aliphatic rings. The van der Waals surface area contributed by atoms with Crippen molar-refractivity contribution in [3.63, 3.8) is 0 Å². The number of para-hydroxylation sites is 1. The summed E-state index contributed by atoms with van der Waals surface area (Å²) in [5.41, 5.74) is 7.37. The maximum Gasteiger partial charge on any atom is 0.0936 e. The molecule has 4 nitrogen and oxygen atoms in total. The van der Waals surface area contributed by atoms with Crippen molar-refractivity contribution in [3.05, 3.63) is 29.8 Å². The van der Waals surface area contributed by atoms with Gasteiger partial charge < -0.3 is 15.6 Å². The quantitative estimate of drug-likeness (QED) is 0.718. The first-order chi connectivity index (χ1) is 8.72. The van der Waals surface area contributed by atoms with Crippen LogP contribution in [0.1, 0.15) is 24.5 Å². The Labute approximate surface area is 108 Å². The minimum absolute atomic E-state index is 0.524. The van der Waals surface area contributed by atoms with Gasteiger partial charge in [-0.1, -0.05) is 18.2 Å². The Hall–Kier alpha value is -1.10. The average molecular weight is 250 g/mol. The maximum atomic E-state index is 10.3. The highest BCUT2D eigenvalue weighted by Gasteiger charge is 2.30. The third kappa shape index (κ3) is 3.45. The third-order valence-corrected chi connectivity index (χ3v) is 3.41. The number of methoxy groups -OCH3 is 1. The predicted molar refractivity (Wildman–Crippen MR) is 72.3 cm³/mol. The lowest BCUT2D eigenvalue weighted by molar-refractivity contribution is 0.0849. The second-order valence-corrected chi connectivity index (χ2v) is 4.86. The van der Waals surface area contributed by atoms with Crippen LogP contribution in [0.4, 0.5) is 5.69 Å². The number of hydrogen-bond acceptors (Lipinski definition) is 4. The largest absolute Gasteiger partial charge is 0.398 e. The summed E-state index contributed by atoms with van der Waals surface area (Å²) in [7, 11) is 1.71. The number of nitrogen functional groups attached to an aromatic ring is 1. The van der Waals surface area contributed by atoms with Crippen molar-refractivity contribution >= 4 is 5.69 Å². The lowest BCUT2D eigenvalue weighted by Crippen LogP contribution is -2.33. The fraction of sp³-hybridized carbons (Fsp3) is 0.571. The summed E-state index contributed by atoms with van der Waals surface area (Å²) >= 11 is 0. The van der Waals surface area contributed by atoms with Gasteiger partial charge in [-0.15, -0.1) is 0 Å². The number of aliphatic hydroxyl groups is 1. The van der Waals surface area contributed by atoms with E-state index in [0.717, 1.165) is 12.1 Å². The standard InChI is InChI=1S/C14H22N2O2/c1-18-9-8-16(11-6-7-11)10-14(17)12-4-2-3-5-13(12)15/h2-5,11,14,17H,6-10,15H2,1H3. The van der Waals surface area contributed by atoms with E-state index in [1.807, 2.05) is 24.3 Å². The molecule has 1 unspecified atom stereocenters. The van der Waals surface area contributed by atoms with Crippen molar-refractivity contribution in [2.24, 2.45) is 0 Å². The number of hydrogen-bond donors (Lipinski definition) is 2. The van der Waals surface area contributed by atoms with E-state index in [9.17, 15) is 5.11 Å². The summed E-state index contributed by atoms with van der Waals surface area (Å²) in [6.45, 7) is 2.20. The minimum atomic E-state index is -0.524. The molecule has 1 aromatic carbocycles. The molecule has 0 heterocycles. The summed E-state index contributed by atoms with van der Waals surface area (Å²) in [6.07, 6.45) is 1.92. The summed E-state index contributed by atoms with van der Waals surface area (Å²) < 4.78 is 5.11. The van der Waals surface area contributed by atoms with Crippen LogP contribution in [-0.2, 0) is 4.74 Å². The van der Waals surface area contributed by atoms with Crippen molar-refractivity contribution in [1.82, 2.24) is 4.90 Å². The van der Waals surface area contributed by atoms with Crippen LogP contribution in [-0.4, -0.2) is 42.9 Å². The number of nitrogens with two attached hydrogens (primary N) is 1. The number of anilines is 1. The van der Waals surface area contributed by atoms with Gasteiger partial charge in [-0.3, -0.25) is 4.90 Å². The molecule has 0 amide bonds. The lowest BCUT2D eigenvalue weighted by atomic mass is 10.1. The molecule has 1 atom stereocenters. The van der Waals surface area contributed by atoms with E-state index in [4.69, 9.17) is 10.5 Å². The van der Waals surface area contributed by atoms with Gasteiger partial charge in [0.05, 0.1) is 12.7 Å². The first kappa shape index (κ1) is 13.3. The van der Waals surface area contributed by atoms with Gasteiger partial charge in [-0.25, -0.2) is 0 Å². The highest BCUT2D eigenvalue weighted by molar-refractivity contribution is 5.47. The smallest absolute Gasteiger partial charge is 0.0936 e. The van der Waals surface area contributed by atoms with E-state index < -0.39 is 6.10 Å². The van der Waals surface area contributed by atoms with Gasteiger partial charge >= 0.3 is 0 Å². The van der Waals surface area contributed by atoms with Crippen LogP contribution in [0.3, 0.4) is 0 Å². The molecule has 0 aromatic heterocycles. The lowest BCUT2D eigenvalue weighted by Gasteiger charge is -2.25. The van der Waals surface area contributed by atoms with Crippen LogP contribution in [0.25, 0.3) is 0 Å². The van der Waals surface area contributed by atoms with Gasteiger partial charge in [-0.2, -0.15) is 0 Å². The number of aliphatic hydroxyl groups excluding tert-OH is 1. The van der Waals surface area contributed by atoms with Crippen molar-refractivity contribution < 1.29 is 9.84 Å². The fourth-order valence-corrected chi connectivity index (χ4v) is 2.21. The number of ether oxygens (including phenoxy) is 1. The molecule has 1 aromatic rings. The van der Waals surface area contributed by atoms with Crippen LogP contribution < -0.4 is 5.73 Å².